The van der Waals surface area contributed by atoms with Crippen LogP contribution >= 0.6 is 0 Å². The molecule has 0 N–H and O–H groups in total. The number of nitrogens with zero attached hydrogens (tertiary/aromatic N) is 3. The second kappa shape index (κ2) is 5.63. The fourth-order valence-corrected chi connectivity index (χ4v) is 3.49. The average Bonchev–Trinajstić information content (AvgIpc) is 2.84. The van der Waals surface area contributed by atoms with Crippen LogP contribution in [0.3, 0.4) is 0 Å². The third kappa shape index (κ3) is 2.10. The van der Waals surface area contributed by atoms with Gasteiger partial charge in [0.05, 0.1) is 18.2 Å². The SMILES string of the molecule is CC1=C(c2ccccc2)C(C#N)(C#N)C(c2ccccc2)N1C. The summed E-state index contributed by atoms with van der Waals surface area (Å²) in [7, 11) is 1.95. The van der Waals surface area contributed by atoms with Gasteiger partial charge in [-0.2, -0.15) is 10.5 Å². The van der Waals surface area contributed by atoms with Gasteiger partial charge in [0, 0.05) is 18.3 Å². The van der Waals surface area contributed by atoms with E-state index in [2.05, 4.69) is 12.1 Å². The lowest BCUT2D eigenvalue weighted by molar-refractivity contribution is 0.282. The maximum absolute atomic E-state index is 9.98. The van der Waals surface area contributed by atoms with Gasteiger partial charge in [0.15, 0.2) is 5.41 Å². The van der Waals surface area contributed by atoms with Crippen molar-refractivity contribution < 1.29 is 0 Å². The Morgan fingerprint density at radius 2 is 1.43 bits per heavy atom. The number of nitriles is 2. The van der Waals surface area contributed by atoms with Crippen LogP contribution in [0.2, 0.25) is 0 Å². The lowest BCUT2D eigenvalue weighted by Crippen LogP contribution is -2.30. The van der Waals surface area contributed by atoms with Gasteiger partial charge in [-0.05, 0) is 18.1 Å². The molecule has 1 aliphatic heterocycles. The molecule has 0 aliphatic carbocycles. The van der Waals surface area contributed by atoms with Gasteiger partial charge in [-0.25, -0.2) is 0 Å². The van der Waals surface area contributed by atoms with Gasteiger partial charge >= 0.3 is 0 Å². The number of hydrogen-bond acceptors (Lipinski definition) is 3. The molecular formula is C20H17N3. The third-order valence-electron chi connectivity index (χ3n) is 4.61. The summed E-state index contributed by atoms with van der Waals surface area (Å²) in [6.07, 6.45) is 0. The molecule has 3 nitrogen and oxygen atoms in total. The highest BCUT2D eigenvalue weighted by atomic mass is 15.2. The van der Waals surface area contributed by atoms with Gasteiger partial charge in [0.25, 0.3) is 0 Å². The van der Waals surface area contributed by atoms with E-state index in [1.54, 1.807) is 0 Å². The molecule has 3 heteroatoms. The Balaban J connectivity index is 2.25. The van der Waals surface area contributed by atoms with Gasteiger partial charge in [-0.15, -0.1) is 0 Å². The largest absolute Gasteiger partial charge is 0.368 e. The van der Waals surface area contributed by atoms with Gasteiger partial charge < -0.3 is 4.90 Å². The number of allylic oxidation sites excluding steroid dienone is 1. The molecule has 2 aromatic carbocycles. The van der Waals surface area contributed by atoms with E-state index >= 15 is 0 Å². The lowest BCUT2D eigenvalue weighted by Gasteiger charge is -2.30. The smallest absolute Gasteiger partial charge is 0.195 e. The van der Waals surface area contributed by atoms with E-state index < -0.39 is 5.41 Å². The van der Waals surface area contributed by atoms with Crippen LogP contribution in [0.5, 0.6) is 0 Å². The van der Waals surface area contributed by atoms with Crippen molar-refractivity contribution in [1.82, 2.24) is 4.90 Å². The van der Waals surface area contributed by atoms with Crippen molar-refractivity contribution in [3.8, 4) is 12.1 Å². The zero-order valence-corrected chi connectivity index (χ0v) is 13.2. The van der Waals surface area contributed by atoms with E-state index in [0.717, 1.165) is 22.4 Å². The van der Waals surface area contributed by atoms with Crippen LogP contribution < -0.4 is 0 Å². The summed E-state index contributed by atoms with van der Waals surface area (Å²) in [6, 6.07) is 23.9. The highest BCUT2D eigenvalue weighted by molar-refractivity contribution is 5.81. The molecule has 1 heterocycles. The Morgan fingerprint density at radius 1 is 0.913 bits per heavy atom. The summed E-state index contributed by atoms with van der Waals surface area (Å²) >= 11 is 0. The molecule has 0 radical (unpaired) electrons. The summed E-state index contributed by atoms with van der Waals surface area (Å²) < 4.78 is 0. The Bertz CT molecular complexity index is 809. The molecule has 0 saturated heterocycles. The van der Waals surface area contributed by atoms with Gasteiger partial charge in [0.1, 0.15) is 0 Å². The third-order valence-corrected chi connectivity index (χ3v) is 4.61. The first-order valence-electron chi connectivity index (χ1n) is 7.52. The van der Waals surface area contributed by atoms with Crippen LogP contribution in [0.4, 0.5) is 0 Å². The highest BCUT2D eigenvalue weighted by Crippen LogP contribution is 2.55. The molecule has 2 aromatic rings. The molecule has 0 bridgehead atoms. The van der Waals surface area contributed by atoms with Crippen LogP contribution in [0.25, 0.3) is 5.57 Å². The molecule has 0 saturated carbocycles. The van der Waals surface area contributed by atoms with Crippen LogP contribution in [-0.2, 0) is 0 Å². The first-order chi connectivity index (χ1) is 11.2. The Kier molecular flexibility index (Phi) is 3.64. The van der Waals surface area contributed by atoms with Crippen molar-refractivity contribution in [2.24, 2.45) is 5.41 Å². The molecule has 1 aliphatic rings. The van der Waals surface area contributed by atoms with E-state index in [4.69, 9.17) is 0 Å². The number of benzene rings is 2. The molecular weight excluding hydrogens is 282 g/mol. The second-order valence-corrected chi connectivity index (χ2v) is 5.78. The Hall–Kier alpha value is -3.04. The maximum Gasteiger partial charge on any atom is 0.195 e. The van der Waals surface area contributed by atoms with Gasteiger partial charge in [0.2, 0.25) is 0 Å². The first kappa shape index (κ1) is 14.9. The Morgan fingerprint density at radius 3 is 1.96 bits per heavy atom. The Labute approximate surface area is 136 Å². The number of hydrogen-bond donors (Lipinski definition) is 0. The van der Waals surface area contributed by atoms with Crippen LogP contribution in [0.15, 0.2) is 66.4 Å². The van der Waals surface area contributed by atoms with Crippen LogP contribution in [-0.4, -0.2) is 11.9 Å². The summed E-state index contributed by atoms with van der Waals surface area (Å²) in [6.45, 7) is 1.98. The summed E-state index contributed by atoms with van der Waals surface area (Å²) in [5, 5.41) is 20.0. The summed E-state index contributed by atoms with van der Waals surface area (Å²) in [5.74, 6) is 0. The van der Waals surface area contributed by atoms with E-state index in [1.165, 1.54) is 0 Å². The monoisotopic (exact) mass is 299 g/mol. The zero-order chi connectivity index (χ0) is 16.4. The first-order valence-corrected chi connectivity index (χ1v) is 7.52. The molecule has 0 spiro atoms. The standard InChI is InChI=1S/C20H17N3/c1-15-18(16-9-5-3-6-10-16)20(13-21,14-22)19(23(15)2)17-11-7-4-8-12-17/h3-12,19H,1-2H3. The maximum atomic E-state index is 9.98. The van der Waals surface area contributed by atoms with Crippen LogP contribution in [0, 0.1) is 28.1 Å². The van der Waals surface area contributed by atoms with E-state index in [0.29, 0.717) is 0 Å². The van der Waals surface area contributed by atoms with Crippen molar-refractivity contribution in [3.63, 3.8) is 0 Å². The molecule has 0 amide bonds. The van der Waals surface area contributed by atoms with Crippen molar-refractivity contribution in [2.75, 3.05) is 7.05 Å². The fourth-order valence-electron chi connectivity index (χ4n) is 3.49. The normalized spacial score (nSPS) is 19.3. The quantitative estimate of drug-likeness (QED) is 0.837. The van der Waals surface area contributed by atoms with Crippen molar-refractivity contribution in [1.29, 1.82) is 10.5 Å². The molecule has 1 unspecified atom stereocenters. The van der Waals surface area contributed by atoms with Gasteiger partial charge in [-0.3, -0.25) is 0 Å². The summed E-state index contributed by atoms with van der Waals surface area (Å²) in [5.41, 5.74) is 2.45. The fraction of sp³-hybridized carbons (Fsp3) is 0.200. The number of rotatable bonds is 2. The minimum Gasteiger partial charge on any atom is -0.368 e. The van der Waals surface area contributed by atoms with E-state index in [1.807, 2.05) is 79.5 Å². The molecule has 23 heavy (non-hydrogen) atoms. The molecule has 112 valence electrons. The molecule has 0 aromatic heterocycles. The lowest BCUT2D eigenvalue weighted by atomic mass is 9.73. The minimum absolute atomic E-state index is 0.311. The van der Waals surface area contributed by atoms with Crippen LogP contribution in [0.1, 0.15) is 24.1 Å². The summed E-state index contributed by atoms with van der Waals surface area (Å²) in [4.78, 5) is 2.05. The second-order valence-electron chi connectivity index (χ2n) is 5.78. The van der Waals surface area contributed by atoms with Crippen molar-refractivity contribution >= 4 is 5.57 Å². The van der Waals surface area contributed by atoms with E-state index in [9.17, 15) is 10.5 Å². The predicted molar refractivity (Wildman–Crippen MR) is 89.6 cm³/mol. The zero-order valence-electron chi connectivity index (χ0n) is 13.2. The van der Waals surface area contributed by atoms with Crippen molar-refractivity contribution in [2.45, 2.75) is 13.0 Å². The minimum atomic E-state index is -1.22. The van der Waals surface area contributed by atoms with Crippen molar-refractivity contribution in [3.05, 3.63) is 77.5 Å². The molecule has 3 rings (SSSR count). The van der Waals surface area contributed by atoms with Gasteiger partial charge in [-0.1, -0.05) is 60.7 Å². The molecule has 0 fully saturated rings. The average molecular weight is 299 g/mol. The predicted octanol–water partition coefficient (Wildman–Crippen LogP) is 4.14. The highest BCUT2D eigenvalue weighted by Gasteiger charge is 2.53. The topological polar surface area (TPSA) is 50.8 Å². The molecule has 1 atom stereocenters. The van der Waals surface area contributed by atoms with E-state index in [-0.39, 0.29) is 6.04 Å².